The lowest BCUT2D eigenvalue weighted by Gasteiger charge is -2.29. The molecule has 2 atom stereocenters. The zero-order valence-corrected chi connectivity index (χ0v) is 47.6. The zero-order chi connectivity index (χ0) is 62.2. The van der Waals surface area contributed by atoms with E-state index in [0.29, 0.717) is 115 Å². The first-order valence-corrected chi connectivity index (χ1v) is 28.1. The quantitative estimate of drug-likeness (QED) is 0.114. The van der Waals surface area contributed by atoms with E-state index in [9.17, 15) is 36.6 Å². The number of hydrogen-bond donors (Lipinski definition) is 3. The van der Waals surface area contributed by atoms with Crippen LogP contribution in [0, 0.1) is 34.9 Å². The highest BCUT2D eigenvalue weighted by Crippen LogP contribution is 2.39. The second-order valence-electron chi connectivity index (χ2n) is 21.0. The molecule has 18 nitrogen and oxygen atoms in total. The van der Waals surface area contributed by atoms with Crippen molar-refractivity contribution in [3.05, 3.63) is 218 Å². The Bertz CT molecular complexity index is 4700. The van der Waals surface area contributed by atoms with Crippen LogP contribution in [0.1, 0.15) is 54.3 Å². The summed E-state index contributed by atoms with van der Waals surface area (Å²) in [6.07, 6.45) is 1.60. The number of morpholine rings is 2. The summed E-state index contributed by atoms with van der Waals surface area (Å²) in [6.45, 7) is 8.38. The number of ether oxygens (including phenoxy) is 2. The van der Waals surface area contributed by atoms with Gasteiger partial charge in [-0.2, -0.15) is 5.10 Å². The van der Waals surface area contributed by atoms with Gasteiger partial charge in [0.15, 0.2) is 5.65 Å². The largest absolute Gasteiger partial charge is 0.458 e. The Morgan fingerprint density at radius 1 is 0.528 bits per heavy atom. The van der Waals surface area contributed by atoms with E-state index in [1.165, 1.54) is 97.1 Å². The first-order valence-electron chi connectivity index (χ1n) is 28.1. The molecule has 5 aromatic heterocycles. The van der Waals surface area contributed by atoms with E-state index in [1.807, 2.05) is 15.9 Å². The summed E-state index contributed by atoms with van der Waals surface area (Å²) in [5, 5.41) is 14.6. The second kappa shape index (κ2) is 24.8. The predicted octanol–water partition coefficient (Wildman–Crippen LogP) is 10.9. The molecule has 0 unspecified atom stereocenters. The van der Waals surface area contributed by atoms with E-state index < -0.39 is 52.1 Å². The molecule has 0 saturated carbocycles. The first-order chi connectivity index (χ1) is 43.0. The number of fused-ring (bicyclic) bond motifs is 4. The smallest absolute Gasteiger partial charge is 0.203 e. The van der Waals surface area contributed by atoms with E-state index in [1.54, 1.807) is 31.2 Å². The minimum absolute atomic E-state index is 0.0172. The summed E-state index contributed by atoms with van der Waals surface area (Å²) in [5.74, 6) is -2.73. The molecule has 0 radical (unpaired) electrons. The average Bonchev–Trinajstić information content (AvgIpc) is 1.84. The number of rotatable bonds is 9. The van der Waals surface area contributed by atoms with Gasteiger partial charge in [-0.3, -0.25) is 14.6 Å². The van der Waals surface area contributed by atoms with Gasteiger partial charge in [-0.1, -0.05) is 48.5 Å². The molecule has 0 aliphatic carbocycles. The molecular weight excluding hydrogens is 1160 g/mol. The van der Waals surface area contributed by atoms with Gasteiger partial charge >= 0.3 is 0 Å². The molecule has 5 N–H and O–H groups in total. The molecule has 452 valence electrons. The number of hydrogen-bond acceptors (Lipinski definition) is 17. The van der Waals surface area contributed by atoms with Crippen molar-refractivity contribution in [1.82, 2.24) is 29.7 Å². The van der Waals surface area contributed by atoms with Crippen LogP contribution in [0.25, 0.3) is 66.5 Å². The summed E-state index contributed by atoms with van der Waals surface area (Å²) in [5.41, 5.74) is 16.3. The van der Waals surface area contributed by atoms with Crippen LogP contribution >= 0.6 is 0 Å². The number of halogens is 6. The summed E-state index contributed by atoms with van der Waals surface area (Å²) in [7, 11) is 0. The van der Waals surface area contributed by atoms with E-state index in [4.69, 9.17) is 34.9 Å². The molecule has 3 aliphatic rings. The summed E-state index contributed by atoms with van der Waals surface area (Å²) < 4.78 is 111. The molecule has 3 aliphatic heterocycles. The van der Waals surface area contributed by atoms with Crippen LogP contribution in [0.15, 0.2) is 157 Å². The van der Waals surface area contributed by atoms with Gasteiger partial charge in [0.05, 0.1) is 77.8 Å². The van der Waals surface area contributed by atoms with Gasteiger partial charge in [-0.25, -0.2) is 51.0 Å². The lowest BCUT2D eigenvalue weighted by molar-refractivity contribution is 0.122. The lowest BCUT2D eigenvalue weighted by atomic mass is 9.99. The van der Waals surface area contributed by atoms with Gasteiger partial charge in [0.2, 0.25) is 10.9 Å². The fraction of sp³-hybridized carbons (Fsp3) is 0.200. The number of aliphatic hydroxyl groups excluding tert-OH is 1. The number of aliphatic imine (C=N–C) groups is 1. The zero-order valence-electron chi connectivity index (χ0n) is 47.6. The van der Waals surface area contributed by atoms with Gasteiger partial charge in [0.25, 0.3) is 0 Å². The van der Waals surface area contributed by atoms with Crippen molar-refractivity contribution in [3.8, 4) is 33.5 Å². The molecule has 89 heavy (non-hydrogen) atoms. The first kappa shape index (κ1) is 59.1. The van der Waals surface area contributed by atoms with Crippen molar-refractivity contribution < 1.29 is 49.8 Å². The Kier molecular flexibility index (Phi) is 16.5. The number of benzene rings is 6. The van der Waals surface area contributed by atoms with Gasteiger partial charge in [-0.05, 0) is 97.8 Å². The summed E-state index contributed by atoms with van der Waals surface area (Å²) >= 11 is 0. The van der Waals surface area contributed by atoms with Crippen LogP contribution in [-0.2, 0) is 16.0 Å². The summed E-state index contributed by atoms with van der Waals surface area (Å²) in [4.78, 5) is 51.6. The maximum Gasteiger partial charge on any atom is 0.203 e. The molecular formula is C65H53F6N11O7. The third-order valence-electron chi connectivity index (χ3n) is 15.4. The predicted molar refractivity (Wildman–Crippen MR) is 323 cm³/mol. The second-order valence-corrected chi connectivity index (χ2v) is 21.0. The molecule has 8 heterocycles. The Labute approximate surface area is 502 Å². The number of aliphatic hydroxyl groups is 1. The molecule has 14 rings (SSSR count). The van der Waals surface area contributed by atoms with Crippen LogP contribution in [0.4, 0.5) is 49.4 Å². The number of anilines is 4. The van der Waals surface area contributed by atoms with Crippen LogP contribution in [-0.4, -0.2) is 93.1 Å². The molecule has 2 fully saturated rings. The maximum absolute atomic E-state index is 15.5. The average molecular weight is 1210 g/mol. The number of nitrogens with two attached hydrogens (primary N) is 2. The molecule has 2 saturated heterocycles. The Balaban J connectivity index is 0.000000143. The van der Waals surface area contributed by atoms with Crippen molar-refractivity contribution in [2.24, 2.45) is 4.99 Å². The van der Waals surface area contributed by atoms with E-state index >= 15 is 4.39 Å². The Morgan fingerprint density at radius 2 is 1.03 bits per heavy atom. The van der Waals surface area contributed by atoms with Gasteiger partial charge in [-0.15, -0.1) is 0 Å². The fourth-order valence-electron chi connectivity index (χ4n) is 11.1. The molecule has 6 aromatic carbocycles. The van der Waals surface area contributed by atoms with Crippen molar-refractivity contribution in [2.45, 2.75) is 32.5 Å². The maximum atomic E-state index is 15.5. The van der Waals surface area contributed by atoms with Gasteiger partial charge < -0.3 is 44.7 Å². The van der Waals surface area contributed by atoms with Gasteiger partial charge in [0.1, 0.15) is 110 Å². The van der Waals surface area contributed by atoms with Crippen molar-refractivity contribution in [1.29, 1.82) is 0 Å². The van der Waals surface area contributed by atoms with Crippen molar-refractivity contribution in [3.63, 3.8) is 0 Å². The highest BCUT2D eigenvalue weighted by Gasteiger charge is 2.30. The third kappa shape index (κ3) is 11.5. The summed E-state index contributed by atoms with van der Waals surface area (Å²) in [6, 6.07) is 28.0. The fourth-order valence-corrected chi connectivity index (χ4v) is 11.1. The molecule has 11 aromatic rings. The van der Waals surface area contributed by atoms with E-state index in [2.05, 4.69) is 24.9 Å². The normalized spacial score (nSPS) is 14.6. The number of nitrogen functional groups attached to an aromatic ring is 2. The molecule has 24 heteroatoms. The van der Waals surface area contributed by atoms with Crippen LogP contribution in [0.5, 0.6) is 0 Å². The van der Waals surface area contributed by atoms with E-state index in [0.717, 1.165) is 23.9 Å². The topological polar surface area (TPSA) is 239 Å². The molecule has 0 amide bonds. The van der Waals surface area contributed by atoms with Crippen molar-refractivity contribution in [2.75, 3.05) is 73.9 Å². The number of aromatic nitrogens is 6. The third-order valence-corrected chi connectivity index (χ3v) is 15.4. The highest BCUT2D eigenvalue weighted by atomic mass is 19.1. The highest BCUT2D eigenvalue weighted by molar-refractivity contribution is 6.17. The minimum Gasteiger partial charge on any atom is -0.458 e. The van der Waals surface area contributed by atoms with Crippen LogP contribution < -0.4 is 32.1 Å². The van der Waals surface area contributed by atoms with Crippen LogP contribution in [0.3, 0.4) is 0 Å². The lowest BCUT2D eigenvalue weighted by Crippen LogP contribution is -2.36. The molecule has 0 spiro atoms. The van der Waals surface area contributed by atoms with E-state index in [-0.39, 0.29) is 67.3 Å². The Hall–Kier alpha value is -10.3. The van der Waals surface area contributed by atoms with Crippen LogP contribution in [0.2, 0.25) is 0 Å². The molecule has 0 bridgehead atoms. The number of nitrogens with zero attached hydrogens (tertiary/aromatic N) is 9. The van der Waals surface area contributed by atoms with Crippen molar-refractivity contribution >= 4 is 61.7 Å². The van der Waals surface area contributed by atoms with Gasteiger partial charge in [0, 0.05) is 37.3 Å². The minimum atomic E-state index is -1.10. The SMILES string of the molecule is C[C@@H](O)c1oc2cccc(F)c2c(=O)c1-c1cccc(F)c1.C[C@H](c1oc2cccc(F)c2c(=O)c1-c1cccc(F)c1)n1nc(-c2ccc(N3CCOCC3)c(F)c2)c2c(N)ncnc21.Nc1ncnc2c1C(c1ccc(N3CCOCC3)c(F)c1)=NC2. The standard InChI is InChI=1S/C32H25F3N6O3.C17H12F2O3.C16H16FN5O/c1-17(30-25(18-4-2-5-20(33)14-18)29(42)26-21(34)6-3-7-24(26)44-30)41-32-27(31(36)37-16-38-32)28(39-41)19-8-9-23(22(35)15-19)40-10-12-43-13-11-40;1-9(20)17-14(10-4-2-5-11(18)8-10)16(21)15-12(19)6-3-7-13(15)22-17;17-11-7-10(1-2-13(11)22-3-5-23-6-4-22)15-14-12(8-19-15)20-9-21-16(14)18/h2-9,14-17H,10-13H2,1H3,(H2,36,37,38);2-9,20H,1H3;1-2,7,9H,3-6,8H2,(H2,18,20,21)/t17-;9-;/m11./s1. The Morgan fingerprint density at radius 3 is 1.58 bits per heavy atom. The monoisotopic (exact) mass is 1210 g/mol.